The molecule has 0 radical (unpaired) electrons. The Morgan fingerprint density at radius 2 is 1.77 bits per heavy atom. The van der Waals surface area contributed by atoms with Crippen molar-refractivity contribution in [1.29, 1.82) is 0 Å². The smallest absolute Gasteiger partial charge is 0.130 e. The highest BCUT2D eigenvalue weighted by molar-refractivity contribution is 5.60. The molecule has 2 aromatic carbocycles. The number of aromatic hydroxyl groups is 2. The summed E-state index contributed by atoms with van der Waals surface area (Å²) in [6, 6.07) is 9.66. The average Bonchev–Trinajstić information content (AvgIpc) is 2.53. The van der Waals surface area contributed by atoms with Gasteiger partial charge in [0.25, 0.3) is 0 Å². The van der Waals surface area contributed by atoms with Gasteiger partial charge in [-0.15, -0.1) is 0 Å². The number of ether oxygens (including phenoxy) is 2. The first-order chi connectivity index (χ1) is 10.6. The summed E-state index contributed by atoms with van der Waals surface area (Å²) in [5, 5.41) is 19.7. The average molecular weight is 302 g/mol. The predicted octanol–water partition coefficient (Wildman–Crippen LogP) is 2.84. The molecule has 22 heavy (non-hydrogen) atoms. The third kappa shape index (κ3) is 3.14. The number of benzene rings is 2. The summed E-state index contributed by atoms with van der Waals surface area (Å²) in [5.74, 6) is 0.667. The molecule has 5 heteroatoms. The van der Waals surface area contributed by atoms with Crippen molar-refractivity contribution in [2.75, 3.05) is 14.2 Å². The van der Waals surface area contributed by atoms with Gasteiger partial charge in [-0.05, 0) is 17.7 Å². The Kier molecular flexibility index (Phi) is 4.88. The molecule has 1 unspecified atom stereocenters. The Morgan fingerprint density at radius 3 is 2.32 bits per heavy atom. The summed E-state index contributed by atoms with van der Waals surface area (Å²) < 4.78 is 10.4. The van der Waals surface area contributed by atoms with Crippen LogP contribution < -0.4 is 9.47 Å². The van der Waals surface area contributed by atoms with Crippen LogP contribution in [0.25, 0.3) is 0 Å². The number of carbonyl (C=O) groups excluding carboxylic acids is 1. The van der Waals surface area contributed by atoms with Gasteiger partial charge in [0, 0.05) is 30.0 Å². The fourth-order valence-corrected chi connectivity index (χ4v) is 2.45. The normalized spacial score (nSPS) is 11.7. The van der Waals surface area contributed by atoms with Crippen molar-refractivity contribution in [3.8, 4) is 23.0 Å². The van der Waals surface area contributed by atoms with Crippen LogP contribution in [0.1, 0.15) is 23.5 Å². The summed E-state index contributed by atoms with van der Waals surface area (Å²) in [6.07, 6.45) is 0.974. The number of hydrogen-bond donors (Lipinski definition) is 2. The highest BCUT2D eigenvalue weighted by Crippen LogP contribution is 2.42. The number of phenols is 2. The van der Waals surface area contributed by atoms with Crippen LogP contribution in [0.5, 0.6) is 23.0 Å². The molecule has 0 fully saturated rings. The molecule has 2 aromatic rings. The number of phenolic OH excluding ortho intramolecular Hbond substituents is 2. The molecule has 0 bridgehead atoms. The van der Waals surface area contributed by atoms with Crippen molar-refractivity contribution in [1.82, 2.24) is 0 Å². The zero-order chi connectivity index (χ0) is 16.1. The van der Waals surface area contributed by atoms with Gasteiger partial charge in [-0.3, -0.25) is 0 Å². The van der Waals surface area contributed by atoms with Gasteiger partial charge in [0.2, 0.25) is 0 Å². The Labute approximate surface area is 128 Å². The molecule has 5 nitrogen and oxygen atoms in total. The van der Waals surface area contributed by atoms with Gasteiger partial charge in [-0.2, -0.15) is 0 Å². The molecule has 0 saturated heterocycles. The quantitative estimate of drug-likeness (QED) is 0.802. The maximum Gasteiger partial charge on any atom is 0.130 e. The Balaban J connectivity index is 2.57. The second-order valence-corrected chi connectivity index (χ2v) is 4.81. The topological polar surface area (TPSA) is 76.0 Å². The second kappa shape index (κ2) is 6.85. The maximum absolute atomic E-state index is 11.1. The van der Waals surface area contributed by atoms with Crippen LogP contribution in [0, 0.1) is 0 Å². The van der Waals surface area contributed by atoms with Gasteiger partial charge in [-0.25, -0.2) is 0 Å². The Bertz CT molecular complexity index is 649. The lowest BCUT2D eigenvalue weighted by Crippen LogP contribution is -2.05. The van der Waals surface area contributed by atoms with E-state index in [9.17, 15) is 15.0 Å². The third-order valence-corrected chi connectivity index (χ3v) is 3.53. The standard InChI is InChI=1S/C17H18O5/c1-21-13-9-15(20)17(16(10-13)22-2)14(7-8-18)11-3-5-12(19)6-4-11/h3-6,8-10,14,19-20H,7H2,1-2H3. The van der Waals surface area contributed by atoms with Crippen molar-refractivity contribution in [3.63, 3.8) is 0 Å². The van der Waals surface area contributed by atoms with Crippen molar-refractivity contribution >= 4 is 6.29 Å². The second-order valence-electron chi connectivity index (χ2n) is 4.81. The van der Waals surface area contributed by atoms with Crippen LogP contribution in [0.4, 0.5) is 0 Å². The van der Waals surface area contributed by atoms with Gasteiger partial charge < -0.3 is 24.5 Å². The van der Waals surface area contributed by atoms with Crippen molar-refractivity contribution in [2.24, 2.45) is 0 Å². The van der Waals surface area contributed by atoms with E-state index in [-0.39, 0.29) is 23.8 Å². The molecule has 1 atom stereocenters. The van der Waals surface area contributed by atoms with Crippen molar-refractivity contribution in [3.05, 3.63) is 47.5 Å². The van der Waals surface area contributed by atoms with Crippen LogP contribution in [-0.2, 0) is 4.79 Å². The first-order valence-electron chi connectivity index (χ1n) is 6.78. The predicted molar refractivity (Wildman–Crippen MR) is 81.8 cm³/mol. The third-order valence-electron chi connectivity index (χ3n) is 3.53. The van der Waals surface area contributed by atoms with Crippen molar-refractivity contribution < 1.29 is 24.5 Å². The van der Waals surface area contributed by atoms with Crippen LogP contribution >= 0.6 is 0 Å². The number of methoxy groups -OCH3 is 2. The number of carbonyl (C=O) groups is 1. The van der Waals surface area contributed by atoms with E-state index in [4.69, 9.17) is 9.47 Å². The lowest BCUT2D eigenvalue weighted by Gasteiger charge is -2.20. The SMILES string of the molecule is COc1cc(O)c(C(CC=O)c2ccc(O)cc2)c(OC)c1. The van der Waals surface area contributed by atoms with Crippen LogP contribution in [-0.4, -0.2) is 30.7 Å². The highest BCUT2D eigenvalue weighted by atomic mass is 16.5. The van der Waals surface area contributed by atoms with Gasteiger partial charge in [0.15, 0.2) is 0 Å². The van der Waals surface area contributed by atoms with Crippen molar-refractivity contribution in [2.45, 2.75) is 12.3 Å². The molecule has 0 heterocycles. The molecule has 0 spiro atoms. The van der Waals surface area contributed by atoms with E-state index in [1.165, 1.54) is 20.3 Å². The highest BCUT2D eigenvalue weighted by Gasteiger charge is 2.23. The summed E-state index contributed by atoms with van der Waals surface area (Å²) in [6.45, 7) is 0. The molecular weight excluding hydrogens is 284 g/mol. The molecule has 0 aliphatic rings. The number of hydrogen-bond acceptors (Lipinski definition) is 5. The summed E-state index contributed by atoms with van der Waals surface area (Å²) in [4.78, 5) is 11.1. The monoisotopic (exact) mass is 302 g/mol. The first-order valence-corrected chi connectivity index (χ1v) is 6.78. The maximum atomic E-state index is 11.1. The molecule has 0 saturated carbocycles. The number of aldehydes is 1. The van der Waals surface area contributed by atoms with E-state index in [0.29, 0.717) is 17.1 Å². The van der Waals surface area contributed by atoms with E-state index >= 15 is 0 Å². The van der Waals surface area contributed by atoms with Gasteiger partial charge in [-0.1, -0.05) is 12.1 Å². The molecule has 0 amide bonds. The van der Waals surface area contributed by atoms with E-state index in [0.717, 1.165) is 11.8 Å². The molecular formula is C17H18O5. The van der Waals surface area contributed by atoms with E-state index < -0.39 is 0 Å². The molecule has 0 aliphatic heterocycles. The van der Waals surface area contributed by atoms with E-state index in [2.05, 4.69) is 0 Å². The minimum absolute atomic E-state index is 0.00359. The summed E-state index contributed by atoms with van der Waals surface area (Å²) >= 11 is 0. The minimum Gasteiger partial charge on any atom is -0.508 e. The first kappa shape index (κ1) is 15.7. The summed E-state index contributed by atoms with van der Waals surface area (Å²) in [7, 11) is 2.99. The fourth-order valence-electron chi connectivity index (χ4n) is 2.45. The number of rotatable bonds is 6. The fraction of sp³-hybridized carbons (Fsp3) is 0.235. The summed E-state index contributed by atoms with van der Waals surface area (Å²) in [5.41, 5.74) is 1.31. The Hall–Kier alpha value is -2.69. The van der Waals surface area contributed by atoms with Gasteiger partial charge in [0.05, 0.1) is 14.2 Å². The van der Waals surface area contributed by atoms with Crippen LogP contribution in [0.15, 0.2) is 36.4 Å². The zero-order valence-electron chi connectivity index (χ0n) is 12.4. The lowest BCUT2D eigenvalue weighted by molar-refractivity contribution is -0.108. The largest absolute Gasteiger partial charge is 0.508 e. The molecule has 0 aliphatic carbocycles. The Morgan fingerprint density at radius 1 is 1.09 bits per heavy atom. The van der Waals surface area contributed by atoms with E-state index in [1.807, 2.05) is 0 Å². The molecule has 0 aromatic heterocycles. The lowest BCUT2D eigenvalue weighted by atomic mass is 9.87. The van der Waals surface area contributed by atoms with Crippen LogP contribution in [0.3, 0.4) is 0 Å². The van der Waals surface area contributed by atoms with Gasteiger partial charge >= 0.3 is 0 Å². The molecule has 116 valence electrons. The molecule has 2 rings (SSSR count). The van der Waals surface area contributed by atoms with Gasteiger partial charge in [0.1, 0.15) is 29.3 Å². The van der Waals surface area contributed by atoms with E-state index in [1.54, 1.807) is 30.3 Å². The molecule has 2 N–H and O–H groups in total. The zero-order valence-corrected chi connectivity index (χ0v) is 12.4. The minimum atomic E-state index is -0.376. The van der Waals surface area contributed by atoms with Crippen LogP contribution in [0.2, 0.25) is 0 Å².